The summed E-state index contributed by atoms with van der Waals surface area (Å²) in [6.45, 7) is 2.09. The summed E-state index contributed by atoms with van der Waals surface area (Å²) >= 11 is 0. The van der Waals surface area contributed by atoms with Gasteiger partial charge in [-0.3, -0.25) is 4.79 Å². The molecule has 0 aliphatic rings. The van der Waals surface area contributed by atoms with Crippen LogP contribution in [0.5, 0.6) is 0 Å². The standard InChI is InChI=1S/C14H20O2/c1-12-8-10-13(11-9-12)6-4-2-3-5-7-14(15)16/h8-11H,2-7H2,1H3,(H,15,16). The van der Waals surface area contributed by atoms with Gasteiger partial charge in [-0.25, -0.2) is 0 Å². The molecule has 1 rings (SSSR count). The monoisotopic (exact) mass is 220 g/mol. The van der Waals surface area contributed by atoms with Gasteiger partial charge in [0.2, 0.25) is 0 Å². The second-order valence-corrected chi connectivity index (χ2v) is 4.29. The van der Waals surface area contributed by atoms with Crippen molar-refractivity contribution in [3.05, 3.63) is 35.4 Å². The van der Waals surface area contributed by atoms with Crippen molar-refractivity contribution in [1.29, 1.82) is 0 Å². The van der Waals surface area contributed by atoms with Gasteiger partial charge in [0, 0.05) is 6.42 Å². The number of rotatable bonds is 7. The number of aryl methyl sites for hydroxylation is 2. The average molecular weight is 220 g/mol. The molecule has 0 atom stereocenters. The third-order valence-electron chi connectivity index (χ3n) is 2.73. The van der Waals surface area contributed by atoms with Crippen molar-refractivity contribution in [1.82, 2.24) is 0 Å². The third kappa shape index (κ3) is 5.54. The van der Waals surface area contributed by atoms with Crippen LogP contribution in [0.3, 0.4) is 0 Å². The molecular formula is C14H20O2. The van der Waals surface area contributed by atoms with Crippen LogP contribution in [0.2, 0.25) is 0 Å². The summed E-state index contributed by atoms with van der Waals surface area (Å²) in [6.07, 6.45) is 5.53. The molecule has 0 radical (unpaired) electrons. The molecule has 0 aliphatic heterocycles. The van der Waals surface area contributed by atoms with E-state index in [9.17, 15) is 4.79 Å². The molecule has 2 nitrogen and oxygen atoms in total. The second-order valence-electron chi connectivity index (χ2n) is 4.29. The van der Waals surface area contributed by atoms with Crippen LogP contribution in [-0.2, 0) is 11.2 Å². The fraction of sp³-hybridized carbons (Fsp3) is 0.500. The van der Waals surface area contributed by atoms with Gasteiger partial charge in [0.1, 0.15) is 0 Å². The minimum Gasteiger partial charge on any atom is -0.481 e. The molecule has 0 amide bonds. The van der Waals surface area contributed by atoms with E-state index in [1.165, 1.54) is 11.1 Å². The molecule has 16 heavy (non-hydrogen) atoms. The van der Waals surface area contributed by atoms with Gasteiger partial charge in [0.25, 0.3) is 0 Å². The first kappa shape index (κ1) is 12.8. The van der Waals surface area contributed by atoms with Crippen molar-refractivity contribution < 1.29 is 9.90 Å². The van der Waals surface area contributed by atoms with Crippen LogP contribution in [-0.4, -0.2) is 11.1 Å². The van der Waals surface area contributed by atoms with Crippen molar-refractivity contribution in [2.45, 2.75) is 45.4 Å². The minimum atomic E-state index is -0.682. The highest BCUT2D eigenvalue weighted by molar-refractivity contribution is 5.66. The number of aliphatic carboxylic acids is 1. The highest BCUT2D eigenvalue weighted by Crippen LogP contribution is 2.10. The molecule has 0 bridgehead atoms. The Morgan fingerprint density at radius 3 is 2.31 bits per heavy atom. The van der Waals surface area contributed by atoms with E-state index < -0.39 is 5.97 Å². The van der Waals surface area contributed by atoms with Crippen molar-refractivity contribution in [3.8, 4) is 0 Å². The van der Waals surface area contributed by atoms with Crippen molar-refractivity contribution in [3.63, 3.8) is 0 Å². The lowest BCUT2D eigenvalue weighted by Crippen LogP contribution is -1.94. The lowest BCUT2D eigenvalue weighted by atomic mass is 10.0. The maximum absolute atomic E-state index is 10.3. The SMILES string of the molecule is Cc1ccc(CCCCCCC(=O)O)cc1. The summed E-state index contributed by atoms with van der Waals surface area (Å²) in [5.41, 5.74) is 2.68. The van der Waals surface area contributed by atoms with Crippen LogP contribution in [0.4, 0.5) is 0 Å². The molecule has 0 fully saturated rings. The number of hydrogen-bond acceptors (Lipinski definition) is 1. The van der Waals surface area contributed by atoms with Crippen LogP contribution in [0.15, 0.2) is 24.3 Å². The van der Waals surface area contributed by atoms with Crippen LogP contribution in [0.25, 0.3) is 0 Å². The van der Waals surface area contributed by atoms with E-state index in [-0.39, 0.29) is 0 Å². The van der Waals surface area contributed by atoms with Crippen LogP contribution < -0.4 is 0 Å². The molecule has 1 N–H and O–H groups in total. The molecular weight excluding hydrogens is 200 g/mol. The Balaban J connectivity index is 2.07. The van der Waals surface area contributed by atoms with E-state index in [0.29, 0.717) is 6.42 Å². The second kappa shape index (κ2) is 7.04. The third-order valence-corrected chi connectivity index (χ3v) is 2.73. The first-order chi connectivity index (χ1) is 7.68. The van der Waals surface area contributed by atoms with Gasteiger partial charge in [0.15, 0.2) is 0 Å². The van der Waals surface area contributed by atoms with E-state index in [0.717, 1.165) is 32.1 Å². The summed E-state index contributed by atoms with van der Waals surface area (Å²) in [6, 6.07) is 8.62. The Bertz CT molecular complexity index is 314. The molecule has 2 heteroatoms. The lowest BCUT2D eigenvalue weighted by Gasteiger charge is -2.02. The van der Waals surface area contributed by atoms with Crippen LogP contribution >= 0.6 is 0 Å². The molecule has 1 aromatic rings. The number of carboxylic acids is 1. The molecule has 0 aromatic heterocycles. The molecule has 0 spiro atoms. The Kier molecular flexibility index (Phi) is 5.62. The molecule has 0 saturated heterocycles. The van der Waals surface area contributed by atoms with Crippen molar-refractivity contribution in [2.24, 2.45) is 0 Å². The van der Waals surface area contributed by atoms with Gasteiger partial charge in [0.05, 0.1) is 0 Å². The van der Waals surface area contributed by atoms with Crippen LogP contribution in [0, 0.1) is 6.92 Å². The number of unbranched alkanes of at least 4 members (excludes halogenated alkanes) is 3. The molecule has 0 aliphatic carbocycles. The Hall–Kier alpha value is -1.31. The maximum atomic E-state index is 10.3. The summed E-state index contributed by atoms with van der Waals surface area (Å²) < 4.78 is 0. The highest BCUT2D eigenvalue weighted by Gasteiger charge is 1.97. The van der Waals surface area contributed by atoms with Crippen LogP contribution in [0.1, 0.15) is 43.2 Å². The van der Waals surface area contributed by atoms with E-state index in [4.69, 9.17) is 5.11 Å². The Labute approximate surface area is 97.3 Å². The van der Waals surface area contributed by atoms with Gasteiger partial charge in [-0.05, 0) is 31.7 Å². The van der Waals surface area contributed by atoms with E-state index in [1.54, 1.807) is 0 Å². The van der Waals surface area contributed by atoms with Gasteiger partial charge in [-0.1, -0.05) is 42.7 Å². The first-order valence-electron chi connectivity index (χ1n) is 5.96. The van der Waals surface area contributed by atoms with E-state index in [2.05, 4.69) is 31.2 Å². The highest BCUT2D eigenvalue weighted by atomic mass is 16.4. The zero-order valence-corrected chi connectivity index (χ0v) is 9.91. The molecule has 0 unspecified atom stereocenters. The van der Waals surface area contributed by atoms with Crippen molar-refractivity contribution >= 4 is 5.97 Å². The molecule has 0 saturated carbocycles. The molecule has 0 heterocycles. The molecule has 1 aromatic carbocycles. The Morgan fingerprint density at radius 1 is 1.06 bits per heavy atom. The van der Waals surface area contributed by atoms with Gasteiger partial charge < -0.3 is 5.11 Å². The van der Waals surface area contributed by atoms with Gasteiger partial charge in [-0.15, -0.1) is 0 Å². The number of hydrogen-bond donors (Lipinski definition) is 1. The summed E-state index contributed by atoms with van der Waals surface area (Å²) in [5.74, 6) is -0.682. The smallest absolute Gasteiger partial charge is 0.303 e. The quantitative estimate of drug-likeness (QED) is 0.713. The Morgan fingerprint density at radius 2 is 1.69 bits per heavy atom. The lowest BCUT2D eigenvalue weighted by molar-refractivity contribution is -0.137. The van der Waals surface area contributed by atoms with Gasteiger partial charge in [-0.2, -0.15) is 0 Å². The largest absolute Gasteiger partial charge is 0.481 e. The zero-order chi connectivity index (χ0) is 11.8. The zero-order valence-electron chi connectivity index (χ0n) is 9.91. The maximum Gasteiger partial charge on any atom is 0.303 e. The summed E-state index contributed by atoms with van der Waals surface area (Å²) in [7, 11) is 0. The first-order valence-corrected chi connectivity index (χ1v) is 5.96. The summed E-state index contributed by atoms with van der Waals surface area (Å²) in [4.78, 5) is 10.3. The minimum absolute atomic E-state index is 0.310. The van der Waals surface area contributed by atoms with Crippen molar-refractivity contribution in [2.75, 3.05) is 0 Å². The number of carbonyl (C=O) groups is 1. The normalized spacial score (nSPS) is 10.3. The molecule has 88 valence electrons. The number of carboxylic acid groups (broad SMARTS) is 1. The average Bonchev–Trinajstić information content (AvgIpc) is 2.25. The topological polar surface area (TPSA) is 37.3 Å². The summed E-state index contributed by atoms with van der Waals surface area (Å²) in [5, 5.41) is 8.47. The van der Waals surface area contributed by atoms with E-state index >= 15 is 0 Å². The van der Waals surface area contributed by atoms with E-state index in [1.807, 2.05) is 0 Å². The number of benzene rings is 1. The predicted octanol–water partition coefficient (Wildman–Crippen LogP) is 3.57. The fourth-order valence-electron chi connectivity index (χ4n) is 1.71. The fourth-order valence-corrected chi connectivity index (χ4v) is 1.71. The predicted molar refractivity (Wildman–Crippen MR) is 65.6 cm³/mol. The van der Waals surface area contributed by atoms with Gasteiger partial charge >= 0.3 is 5.97 Å².